The van der Waals surface area contributed by atoms with Crippen molar-refractivity contribution in [1.82, 2.24) is 25.1 Å². The zero-order chi connectivity index (χ0) is 28.8. The Morgan fingerprint density at radius 2 is 1.73 bits per heavy atom. The van der Waals surface area contributed by atoms with Crippen LogP contribution in [0.1, 0.15) is 54.6 Å². The zero-order valence-electron chi connectivity index (χ0n) is 24.3. The first-order valence-electron chi connectivity index (χ1n) is 14.2. The zero-order valence-corrected chi connectivity index (χ0v) is 24.3. The molecule has 2 bridgehead atoms. The van der Waals surface area contributed by atoms with E-state index in [2.05, 4.69) is 21.4 Å². The number of aromatic nitrogens is 4. The Balaban J connectivity index is 1.36. The maximum absolute atomic E-state index is 13.7. The van der Waals surface area contributed by atoms with Crippen molar-refractivity contribution in [3.63, 3.8) is 0 Å². The molecule has 3 aromatic rings. The van der Waals surface area contributed by atoms with Crippen LogP contribution in [0.15, 0.2) is 53.5 Å². The maximum Gasteiger partial charge on any atom is 0.251 e. The van der Waals surface area contributed by atoms with E-state index in [4.69, 9.17) is 14.7 Å². The fourth-order valence-corrected chi connectivity index (χ4v) is 6.44. The van der Waals surface area contributed by atoms with Gasteiger partial charge in [0, 0.05) is 54.7 Å². The highest BCUT2D eigenvalue weighted by molar-refractivity contribution is 6.02. The SMILES string of the molecule is CC1=CC(C)=C(CNC(=O)c2cc(-c3cnc(N4C5CCC4COC5)nc3)cc(-c3c(C)cnn3C)c2C)C(=O)C1. The van der Waals surface area contributed by atoms with Crippen molar-refractivity contribution >= 4 is 17.6 Å². The molecule has 2 saturated heterocycles. The summed E-state index contributed by atoms with van der Waals surface area (Å²) in [6.45, 7) is 9.46. The first-order chi connectivity index (χ1) is 19.7. The summed E-state index contributed by atoms with van der Waals surface area (Å²) in [7, 11) is 1.90. The van der Waals surface area contributed by atoms with Crippen LogP contribution in [0.3, 0.4) is 0 Å². The molecule has 2 unspecified atom stereocenters. The van der Waals surface area contributed by atoms with Gasteiger partial charge in [0.2, 0.25) is 5.95 Å². The summed E-state index contributed by atoms with van der Waals surface area (Å²) in [5.41, 5.74) is 8.54. The standard InChI is InChI=1S/C32H36N6O3/c1-18-8-19(2)28(29(39)9-18)15-33-31(40)27-11-22(10-26(21(27)4)30-20(3)12-36-37(30)5)23-13-34-32(35-14-23)38-24-6-7-25(38)17-41-16-24/h8,10-14,24-25H,6-7,9,15-17H2,1-5H3,(H,33,40). The van der Waals surface area contributed by atoms with Crippen LogP contribution in [0.25, 0.3) is 22.4 Å². The smallest absolute Gasteiger partial charge is 0.251 e. The van der Waals surface area contributed by atoms with Crippen LogP contribution in [-0.4, -0.2) is 63.3 Å². The summed E-state index contributed by atoms with van der Waals surface area (Å²) in [5.74, 6) is 0.556. The normalized spacial score (nSPS) is 20.5. The number of benzene rings is 1. The molecule has 1 aliphatic carbocycles. The number of allylic oxidation sites excluding steroid dienone is 3. The molecule has 0 radical (unpaired) electrons. The van der Waals surface area contributed by atoms with Crippen molar-refractivity contribution in [3.8, 4) is 22.4 Å². The minimum atomic E-state index is -0.229. The van der Waals surface area contributed by atoms with Crippen LogP contribution in [0.4, 0.5) is 5.95 Å². The summed E-state index contributed by atoms with van der Waals surface area (Å²) < 4.78 is 7.56. The number of carbonyl (C=O) groups excluding carboxylic acids is 2. The van der Waals surface area contributed by atoms with Crippen molar-refractivity contribution in [2.24, 2.45) is 7.05 Å². The Morgan fingerprint density at radius 1 is 1.02 bits per heavy atom. The molecule has 41 heavy (non-hydrogen) atoms. The second-order valence-electron chi connectivity index (χ2n) is 11.5. The lowest BCUT2D eigenvalue weighted by Gasteiger charge is -2.34. The van der Waals surface area contributed by atoms with E-state index in [1.54, 1.807) is 0 Å². The Labute approximate surface area is 240 Å². The van der Waals surface area contributed by atoms with Crippen LogP contribution < -0.4 is 10.2 Å². The largest absolute Gasteiger partial charge is 0.377 e. The highest BCUT2D eigenvalue weighted by Crippen LogP contribution is 2.35. The number of carbonyl (C=O) groups is 2. The molecule has 2 aliphatic heterocycles. The average Bonchev–Trinajstić information content (AvgIpc) is 3.40. The van der Waals surface area contributed by atoms with Crippen molar-refractivity contribution in [3.05, 3.63) is 70.2 Å². The minimum Gasteiger partial charge on any atom is -0.377 e. The number of nitrogens with one attached hydrogen (secondary N) is 1. The highest BCUT2D eigenvalue weighted by atomic mass is 16.5. The quantitative estimate of drug-likeness (QED) is 0.481. The van der Waals surface area contributed by atoms with Crippen molar-refractivity contribution in [2.75, 3.05) is 24.7 Å². The highest BCUT2D eigenvalue weighted by Gasteiger charge is 2.38. The summed E-state index contributed by atoms with van der Waals surface area (Å²) in [5, 5.41) is 7.46. The molecule has 2 aromatic heterocycles. The molecule has 9 heteroatoms. The fraction of sp³-hybridized carbons (Fsp3) is 0.406. The van der Waals surface area contributed by atoms with E-state index in [0.717, 1.165) is 63.4 Å². The number of nitrogens with zero attached hydrogens (tertiary/aromatic N) is 5. The molecule has 1 amide bonds. The first-order valence-corrected chi connectivity index (χ1v) is 14.2. The molecule has 1 N–H and O–H groups in total. The van der Waals surface area contributed by atoms with Gasteiger partial charge in [-0.2, -0.15) is 5.10 Å². The Morgan fingerprint density at radius 3 is 2.37 bits per heavy atom. The van der Waals surface area contributed by atoms with Crippen LogP contribution >= 0.6 is 0 Å². The number of anilines is 1. The minimum absolute atomic E-state index is 0.0606. The van der Waals surface area contributed by atoms with E-state index < -0.39 is 0 Å². The predicted octanol–water partition coefficient (Wildman–Crippen LogP) is 4.49. The van der Waals surface area contributed by atoms with Crippen LogP contribution in [0, 0.1) is 13.8 Å². The van der Waals surface area contributed by atoms with Gasteiger partial charge >= 0.3 is 0 Å². The van der Waals surface area contributed by atoms with Gasteiger partial charge in [-0.05, 0) is 74.9 Å². The van der Waals surface area contributed by atoms with E-state index in [-0.39, 0.29) is 18.2 Å². The average molecular weight is 553 g/mol. The van der Waals surface area contributed by atoms with E-state index >= 15 is 0 Å². The summed E-state index contributed by atoms with van der Waals surface area (Å²) in [6, 6.07) is 4.62. The molecular formula is C32H36N6O3. The lowest BCUT2D eigenvalue weighted by molar-refractivity contribution is -0.115. The first kappa shape index (κ1) is 27.1. The molecule has 2 atom stereocenters. The third-order valence-electron chi connectivity index (χ3n) is 8.61. The predicted molar refractivity (Wildman–Crippen MR) is 158 cm³/mol. The lowest BCUT2D eigenvalue weighted by Crippen LogP contribution is -2.46. The van der Waals surface area contributed by atoms with Gasteiger partial charge in [0.15, 0.2) is 5.78 Å². The van der Waals surface area contributed by atoms with Gasteiger partial charge in [0.05, 0.1) is 37.2 Å². The third kappa shape index (κ3) is 4.99. The molecule has 0 spiro atoms. The number of rotatable bonds is 6. The van der Waals surface area contributed by atoms with Crippen molar-refractivity contribution < 1.29 is 14.3 Å². The van der Waals surface area contributed by atoms with Gasteiger partial charge in [-0.3, -0.25) is 14.3 Å². The molecule has 6 rings (SSSR count). The molecule has 2 fully saturated rings. The van der Waals surface area contributed by atoms with Gasteiger partial charge in [-0.15, -0.1) is 0 Å². The summed E-state index contributed by atoms with van der Waals surface area (Å²) in [6.07, 6.45) is 10.1. The number of morpholine rings is 1. The Hall–Kier alpha value is -4.11. The van der Waals surface area contributed by atoms with Gasteiger partial charge in [0.1, 0.15) is 0 Å². The van der Waals surface area contributed by atoms with Gasteiger partial charge in [-0.1, -0.05) is 11.6 Å². The number of fused-ring (bicyclic) bond motifs is 2. The van der Waals surface area contributed by atoms with Crippen LogP contribution in [0.2, 0.25) is 0 Å². The monoisotopic (exact) mass is 552 g/mol. The number of aryl methyl sites for hydroxylation is 2. The Kier molecular flexibility index (Phi) is 7.07. The van der Waals surface area contributed by atoms with E-state index in [1.165, 1.54) is 0 Å². The number of hydrogen-bond donors (Lipinski definition) is 1. The number of ketones is 1. The third-order valence-corrected chi connectivity index (χ3v) is 8.61. The number of ether oxygens (including phenoxy) is 1. The van der Waals surface area contributed by atoms with Gasteiger partial charge in [0.25, 0.3) is 5.91 Å². The Bertz CT molecular complexity index is 1560. The number of hydrogen-bond acceptors (Lipinski definition) is 7. The number of Topliss-reactive ketones (excluding diaryl/α,β-unsaturated/α-hetero) is 1. The summed E-state index contributed by atoms with van der Waals surface area (Å²) >= 11 is 0. The number of amides is 1. The molecule has 4 heterocycles. The molecule has 212 valence electrons. The van der Waals surface area contributed by atoms with Crippen LogP contribution in [0.5, 0.6) is 0 Å². The van der Waals surface area contributed by atoms with Crippen LogP contribution in [-0.2, 0) is 16.6 Å². The second-order valence-corrected chi connectivity index (χ2v) is 11.5. The van der Waals surface area contributed by atoms with Crippen molar-refractivity contribution in [1.29, 1.82) is 0 Å². The van der Waals surface area contributed by atoms with Gasteiger partial charge in [-0.25, -0.2) is 9.97 Å². The van der Waals surface area contributed by atoms with E-state index in [9.17, 15) is 9.59 Å². The molecule has 9 nitrogen and oxygen atoms in total. The van der Waals surface area contributed by atoms with Gasteiger partial charge < -0.3 is 15.0 Å². The topological polar surface area (TPSA) is 102 Å². The molecule has 3 aliphatic rings. The summed E-state index contributed by atoms with van der Waals surface area (Å²) in [4.78, 5) is 38.1. The second kappa shape index (κ2) is 10.7. The fourth-order valence-electron chi connectivity index (χ4n) is 6.44. The molecule has 1 aromatic carbocycles. The maximum atomic E-state index is 13.7. The van der Waals surface area contributed by atoms with Crippen molar-refractivity contribution in [2.45, 2.75) is 59.0 Å². The molecular weight excluding hydrogens is 516 g/mol. The van der Waals surface area contributed by atoms with E-state index in [1.807, 2.05) is 70.2 Å². The lowest BCUT2D eigenvalue weighted by atomic mass is 9.91. The molecule has 0 saturated carbocycles. The van der Waals surface area contributed by atoms with E-state index in [0.29, 0.717) is 42.9 Å².